The predicted molar refractivity (Wildman–Crippen MR) is 53.1 cm³/mol. The van der Waals surface area contributed by atoms with Gasteiger partial charge in [-0.15, -0.1) is 0 Å². The lowest BCUT2D eigenvalue weighted by Crippen LogP contribution is -2.06. The van der Waals surface area contributed by atoms with Gasteiger partial charge >= 0.3 is 5.97 Å². The second-order valence-electron chi connectivity index (χ2n) is 3.19. The molecule has 16 heavy (non-hydrogen) atoms. The summed E-state index contributed by atoms with van der Waals surface area (Å²) in [6, 6.07) is 3.27. The van der Waals surface area contributed by atoms with Crippen LogP contribution in [0.4, 0.5) is 0 Å². The molecule has 1 N–H and O–H groups in total. The molecule has 0 radical (unpaired) electrons. The van der Waals surface area contributed by atoms with E-state index in [1.165, 1.54) is 19.3 Å². The molecule has 2 rings (SSSR count). The highest BCUT2D eigenvalue weighted by atomic mass is 16.6. The van der Waals surface area contributed by atoms with Crippen molar-refractivity contribution in [3.05, 3.63) is 41.2 Å². The number of aliphatic hydroxyl groups excluding tert-OH is 1. The summed E-state index contributed by atoms with van der Waals surface area (Å²) >= 11 is 0. The number of hydrogen-bond donors (Lipinski definition) is 1. The zero-order valence-electron chi connectivity index (χ0n) is 8.39. The van der Waals surface area contributed by atoms with E-state index in [0.717, 1.165) is 0 Å². The third-order valence-electron chi connectivity index (χ3n) is 2.05. The van der Waals surface area contributed by atoms with E-state index in [0.29, 0.717) is 5.76 Å². The number of rotatable bonds is 2. The minimum Gasteiger partial charge on any atom is -0.504 e. The first-order valence-corrected chi connectivity index (χ1v) is 4.51. The molecule has 0 bridgehead atoms. The van der Waals surface area contributed by atoms with Gasteiger partial charge in [0.25, 0.3) is 0 Å². The van der Waals surface area contributed by atoms with Crippen LogP contribution in [0.15, 0.2) is 39.9 Å². The number of ketones is 1. The normalized spacial score (nSPS) is 18.1. The number of carbonyl (C=O) groups excluding carboxylic acids is 2. The van der Waals surface area contributed by atoms with Crippen molar-refractivity contribution < 1.29 is 23.8 Å². The number of aliphatic hydroxyl groups is 1. The lowest BCUT2D eigenvalue weighted by molar-refractivity contribution is -0.134. The topological polar surface area (TPSA) is 76.7 Å². The molecular formula is C11H8O5. The summed E-state index contributed by atoms with van der Waals surface area (Å²) in [6.45, 7) is 1.18. The average molecular weight is 220 g/mol. The Morgan fingerprint density at radius 3 is 2.75 bits per heavy atom. The summed E-state index contributed by atoms with van der Waals surface area (Å²) < 4.78 is 9.73. The maximum atomic E-state index is 11.2. The maximum Gasteiger partial charge on any atom is 0.351 e. The van der Waals surface area contributed by atoms with Crippen molar-refractivity contribution in [3.63, 3.8) is 0 Å². The fourth-order valence-corrected chi connectivity index (χ4v) is 1.33. The van der Waals surface area contributed by atoms with Crippen LogP contribution in [0.5, 0.6) is 0 Å². The van der Waals surface area contributed by atoms with Gasteiger partial charge in [-0.05, 0) is 19.1 Å². The van der Waals surface area contributed by atoms with Gasteiger partial charge < -0.3 is 14.3 Å². The Morgan fingerprint density at radius 1 is 1.50 bits per heavy atom. The first-order chi connectivity index (χ1) is 7.59. The fraction of sp³-hybridized carbons (Fsp3) is 0.0909. The highest BCUT2D eigenvalue weighted by Gasteiger charge is 2.33. The van der Waals surface area contributed by atoms with Crippen molar-refractivity contribution >= 4 is 17.8 Å². The largest absolute Gasteiger partial charge is 0.504 e. The Balaban J connectivity index is 2.41. The number of hydrogen-bond acceptors (Lipinski definition) is 5. The number of furan rings is 1. The fourth-order valence-electron chi connectivity index (χ4n) is 1.33. The second-order valence-corrected chi connectivity index (χ2v) is 3.19. The Bertz CT molecular complexity index is 504. The molecule has 1 aliphatic rings. The van der Waals surface area contributed by atoms with Gasteiger partial charge in [0.05, 0.1) is 6.26 Å². The van der Waals surface area contributed by atoms with Crippen LogP contribution in [0.2, 0.25) is 0 Å². The third kappa shape index (κ3) is 1.63. The quantitative estimate of drug-likeness (QED) is 0.604. The van der Waals surface area contributed by atoms with Gasteiger partial charge in [-0.3, -0.25) is 4.79 Å². The first kappa shape index (κ1) is 10.2. The lowest BCUT2D eigenvalue weighted by atomic mass is 10.1. The zero-order chi connectivity index (χ0) is 11.7. The standard InChI is InChI=1S/C11H8O5/c1-6(12)9-10(13)8(16-11(9)14)5-7-3-2-4-15-7/h2-5,13H,1H3/b8-5+. The van der Waals surface area contributed by atoms with Crippen molar-refractivity contribution in [2.45, 2.75) is 6.92 Å². The molecule has 1 aromatic rings. The number of esters is 1. The summed E-state index contributed by atoms with van der Waals surface area (Å²) in [5, 5.41) is 9.59. The van der Waals surface area contributed by atoms with Crippen LogP contribution in [-0.4, -0.2) is 16.9 Å². The summed E-state index contributed by atoms with van der Waals surface area (Å²) in [5.74, 6) is -1.49. The molecule has 0 saturated carbocycles. The molecule has 0 aromatic carbocycles. The number of cyclic esters (lactones) is 1. The van der Waals surface area contributed by atoms with Gasteiger partial charge in [-0.2, -0.15) is 0 Å². The molecule has 0 atom stereocenters. The molecule has 0 amide bonds. The Morgan fingerprint density at radius 2 is 2.25 bits per heavy atom. The molecule has 1 aliphatic heterocycles. The van der Waals surface area contributed by atoms with Gasteiger partial charge in [-0.25, -0.2) is 4.79 Å². The average Bonchev–Trinajstić information content (AvgIpc) is 2.76. The molecule has 1 aromatic heterocycles. The van der Waals surface area contributed by atoms with Crippen molar-refractivity contribution in [1.82, 2.24) is 0 Å². The van der Waals surface area contributed by atoms with E-state index in [9.17, 15) is 14.7 Å². The molecule has 2 heterocycles. The van der Waals surface area contributed by atoms with E-state index in [1.54, 1.807) is 12.1 Å². The molecule has 0 saturated heterocycles. The van der Waals surface area contributed by atoms with E-state index in [1.807, 2.05) is 0 Å². The van der Waals surface area contributed by atoms with Gasteiger partial charge in [0.2, 0.25) is 0 Å². The van der Waals surface area contributed by atoms with Crippen LogP contribution >= 0.6 is 0 Å². The van der Waals surface area contributed by atoms with Crippen molar-refractivity contribution in [2.24, 2.45) is 0 Å². The molecular weight excluding hydrogens is 212 g/mol. The highest BCUT2D eigenvalue weighted by molar-refractivity contribution is 6.19. The van der Waals surface area contributed by atoms with Crippen molar-refractivity contribution in [3.8, 4) is 0 Å². The molecule has 0 aliphatic carbocycles. The lowest BCUT2D eigenvalue weighted by Gasteiger charge is -1.95. The zero-order valence-corrected chi connectivity index (χ0v) is 8.39. The van der Waals surface area contributed by atoms with Crippen LogP contribution in [0.1, 0.15) is 12.7 Å². The van der Waals surface area contributed by atoms with E-state index in [-0.39, 0.29) is 11.3 Å². The van der Waals surface area contributed by atoms with E-state index in [4.69, 9.17) is 9.15 Å². The second kappa shape index (κ2) is 3.69. The van der Waals surface area contributed by atoms with Crippen molar-refractivity contribution in [2.75, 3.05) is 0 Å². The Kier molecular flexibility index (Phi) is 2.36. The molecule has 0 fully saturated rings. The first-order valence-electron chi connectivity index (χ1n) is 4.51. The van der Waals surface area contributed by atoms with Gasteiger partial charge in [0, 0.05) is 6.08 Å². The van der Waals surface area contributed by atoms with Crippen LogP contribution in [0, 0.1) is 0 Å². The smallest absolute Gasteiger partial charge is 0.351 e. The minimum atomic E-state index is -0.845. The van der Waals surface area contributed by atoms with E-state index >= 15 is 0 Å². The molecule has 0 unspecified atom stereocenters. The number of ether oxygens (including phenoxy) is 1. The van der Waals surface area contributed by atoms with Crippen LogP contribution in [0.3, 0.4) is 0 Å². The van der Waals surface area contributed by atoms with Crippen LogP contribution < -0.4 is 0 Å². The Hall–Kier alpha value is -2.30. The molecule has 0 spiro atoms. The van der Waals surface area contributed by atoms with Gasteiger partial charge in [0.15, 0.2) is 17.3 Å². The van der Waals surface area contributed by atoms with Crippen LogP contribution in [0.25, 0.3) is 6.08 Å². The number of carbonyl (C=O) groups is 2. The van der Waals surface area contributed by atoms with E-state index in [2.05, 4.69) is 0 Å². The summed E-state index contributed by atoms with van der Waals surface area (Å²) in [4.78, 5) is 22.3. The molecule has 82 valence electrons. The predicted octanol–water partition coefficient (Wildman–Crippen LogP) is 1.58. The monoisotopic (exact) mass is 220 g/mol. The summed E-state index contributed by atoms with van der Waals surface area (Å²) in [5.41, 5.74) is -0.335. The Labute approximate surface area is 90.6 Å². The SMILES string of the molecule is CC(=O)C1=C(O)/C(=C\c2ccco2)OC1=O. The van der Waals surface area contributed by atoms with Crippen LogP contribution in [-0.2, 0) is 14.3 Å². The highest BCUT2D eigenvalue weighted by Crippen LogP contribution is 2.26. The minimum absolute atomic E-state index is 0.0786. The maximum absolute atomic E-state index is 11.2. The van der Waals surface area contributed by atoms with Crippen molar-refractivity contribution in [1.29, 1.82) is 0 Å². The van der Waals surface area contributed by atoms with E-state index < -0.39 is 17.5 Å². The molecule has 5 nitrogen and oxygen atoms in total. The van der Waals surface area contributed by atoms with Gasteiger partial charge in [-0.1, -0.05) is 0 Å². The summed E-state index contributed by atoms with van der Waals surface area (Å²) in [7, 11) is 0. The van der Waals surface area contributed by atoms with Gasteiger partial charge in [0.1, 0.15) is 11.3 Å². The third-order valence-corrected chi connectivity index (χ3v) is 2.05. The summed E-state index contributed by atoms with van der Waals surface area (Å²) in [6.07, 6.45) is 2.78. The number of Topliss-reactive ketones (excluding diaryl/α,β-unsaturated/α-hetero) is 1. The molecule has 5 heteroatoms.